The number of piperazine rings is 2. The van der Waals surface area contributed by atoms with Gasteiger partial charge in [-0.1, -0.05) is 23.2 Å². The molecule has 0 atom stereocenters. The molecule has 0 aromatic heterocycles. The number of aryl methyl sites for hydroxylation is 2. The smallest absolute Gasteiger partial charge is 0.410 e. The molecular weight excluding hydrogens is 569 g/mol. The molecule has 0 unspecified atom stereocenters. The number of carbonyl (C=O) groups is 3. The molecule has 0 saturated carbocycles. The van der Waals surface area contributed by atoms with E-state index in [0.717, 1.165) is 11.1 Å². The summed E-state index contributed by atoms with van der Waals surface area (Å²) < 4.78 is 11.6. The first-order valence-electron chi connectivity index (χ1n) is 13.6. The third-order valence-corrected chi connectivity index (χ3v) is 7.31. The van der Waals surface area contributed by atoms with E-state index in [1.807, 2.05) is 46.8 Å². The van der Waals surface area contributed by atoms with Crippen molar-refractivity contribution in [1.82, 2.24) is 19.6 Å². The number of hydrogen-bond donors (Lipinski definition) is 1. The molecule has 10 nitrogen and oxygen atoms in total. The van der Waals surface area contributed by atoms with Crippen molar-refractivity contribution in [3.05, 3.63) is 51.5 Å². The quantitative estimate of drug-likeness (QED) is 0.448. The third kappa shape index (κ3) is 7.89. The molecule has 2 saturated heterocycles. The molecule has 0 bridgehead atoms. The van der Waals surface area contributed by atoms with E-state index in [1.54, 1.807) is 37.8 Å². The van der Waals surface area contributed by atoms with Crippen LogP contribution in [0.1, 0.15) is 31.9 Å². The summed E-state index contributed by atoms with van der Waals surface area (Å²) in [4.78, 5) is 45.4. The summed E-state index contributed by atoms with van der Waals surface area (Å²) in [6.45, 7) is 12.6. The molecule has 0 aliphatic carbocycles. The zero-order chi connectivity index (χ0) is 29.9. The van der Waals surface area contributed by atoms with E-state index in [-0.39, 0.29) is 18.2 Å². The van der Waals surface area contributed by atoms with Crippen LogP contribution in [0.25, 0.3) is 0 Å². The number of nitrogens with one attached hydrogen (secondary N) is 1. The second-order valence-corrected chi connectivity index (χ2v) is 12.1. The van der Waals surface area contributed by atoms with Crippen molar-refractivity contribution in [3.8, 4) is 11.5 Å². The molecule has 0 spiro atoms. The highest BCUT2D eigenvalue weighted by Gasteiger charge is 2.32. The van der Waals surface area contributed by atoms with Crippen LogP contribution < -0.4 is 10.1 Å². The SMILES string of the molecule is Cc1cc(Cl)cc(C)c1Oc1ccc(Cl)cc1NC(=O)N1CCN(C(=O)N2CCN(C(=O)OC(C)(C)C)CC2)CC1. The molecule has 222 valence electrons. The number of nitrogens with zero attached hydrogens (tertiary/aromatic N) is 4. The first-order chi connectivity index (χ1) is 19.3. The van der Waals surface area contributed by atoms with Crippen LogP contribution in [0.15, 0.2) is 30.3 Å². The summed E-state index contributed by atoms with van der Waals surface area (Å²) in [6, 6.07) is 8.30. The summed E-state index contributed by atoms with van der Waals surface area (Å²) in [7, 11) is 0. The van der Waals surface area contributed by atoms with Crippen molar-refractivity contribution in [3.63, 3.8) is 0 Å². The van der Waals surface area contributed by atoms with Gasteiger partial charge in [-0.15, -0.1) is 0 Å². The average molecular weight is 607 g/mol. The van der Waals surface area contributed by atoms with Crippen LogP contribution in [0.4, 0.5) is 20.1 Å². The molecule has 12 heteroatoms. The molecule has 2 aliphatic rings. The minimum absolute atomic E-state index is 0.0897. The lowest BCUT2D eigenvalue weighted by Crippen LogP contribution is -2.58. The van der Waals surface area contributed by atoms with Crippen molar-refractivity contribution < 1.29 is 23.9 Å². The minimum Gasteiger partial charge on any atom is -0.455 e. The Bertz CT molecular complexity index is 1280. The fraction of sp³-hybridized carbons (Fsp3) is 0.483. The van der Waals surface area contributed by atoms with Gasteiger partial charge in [0.15, 0.2) is 5.75 Å². The van der Waals surface area contributed by atoms with E-state index in [2.05, 4.69) is 5.32 Å². The molecule has 2 aromatic carbocycles. The van der Waals surface area contributed by atoms with E-state index in [0.29, 0.717) is 79.6 Å². The van der Waals surface area contributed by atoms with Gasteiger partial charge in [-0.05, 0) is 76.1 Å². The maximum Gasteiger partial charge on any atom is 0.410 e. The normalized spacial score (nSPS) is 16.0. The Kier molecular flexibility index (Phi) is 9.44. The average Bonchev–Trinajstić information content (AvgIpc) is 2.90. The topological polar surface area (TPSA) is 94.7 Å². The molecule has 5 amide bonds. The standard InChI is InChI=1S/C29H37Cl2N5O5/c1-19-16-22(31)17-20(2)25(19)40-24-7-6-21(30)18-23(24)32-26(37)33-8-10-34(11-9-33)27(38)35-12-14-36(15-13-35)28(39)41-29(3,4)5/h6-7,16-18H,8-15H2,1-5H3,(H,32,37). The highest BCUT2D eigenvalue weighted by atomic mass is 35.5. The van der Waals surface area contributed by atoms with Crippen LogP contribution in [0.3, 0.4) is 0 Å². The molecule has 1 N–H and O–H groups in total. The van der Waals surface area contributed by atoms with Crippen LogP contribution >= 0.6 is 23.2 Å². The van der Waals surface area contributed by atoms with Crippen molar-refractivity contribution in [2.75, 3.05) is 57.7 Å². The van der Waals surface area contributed by atoms with Crippen molar-refractivity contribution in [2.24, 2.45) is 0 Å². The number of rotatable bonds is 3. The lowest BCUT2D eigenvalue weighted by Gasteiger charge is -2.40. The summed E-state index contributed by atoms with van der Waals surface area (Å²) >= 11 is 12.4. The van der Waals surface area contributed by atoms with Crippen LogP contribution in [0, 0.1) is 13.8 Å². The fourth-order valence-corrected chi connectivity index (χ4v) is 5.26. The van der Waals surface area contributed by atoms with Crippen LogP contribution in [-0.4, -0.2) is 95.7 Å². The van der Waals surface area contributed by atoms with Crippen molar-refractivity contribution in [1.29, 1.82) is 0 Å². The maximum atomic E-state index is 13.2. The minimum atomic E-state index is -0.563. The van der Waals surface area contributed by atoms with Gasteiger partial charge in [0.05, 0.1) is 5.69 Å². The van der Waals surface area contributed by atoms with Gasteiger partial charge >= 0.3 is 18.2 Å². The lowest BCUT2D eigenvalue weighted by molar-refractivity contribution is 0.0153. The van der Waals surface area contributed by atoms with E-state index in [9.17, 15) is 14.4 Å². The summed E-state index contributed by atoms with van der Waals surface area (Å²) in [6.07, 6.45) is -0.365. The monoisotopic (exact) mass is 605 g/mol. The van der Waals surface area contributed by atoms with Crippen LogP contribution in [-0.2, 0) is 4.74 Å². The Morgan fingerprint density at radius 3 is 1.80 bits per heavy atom. The number of urea groups is 2. The number of ether oxygens (including phenoxy) is 2. The molecular formula is C29H37Cl2N5O5. The third-order valence-electron chi connectivity index (χ3n) is 6.86. The first kappa shape index (κ1) is 30.6. The van der Waals surface area contributed by atoms with Gasteiger partial charge < -0.3 is 34.4 Å². The fourth-order valence-electron chi connectivity index (χ4n) is 4.76. The number of anilines is 1. The van der Waals surface area contributed by atoms with Gasteiger partial charge in [0.25, 0.3) is 0 Å². The number of amides is 5. The van der Waals surface area contributed by atoms with Gasteiger partial charge in [-0.3, -0.25) is 0 Å². The number of halogens is 2. The van der Waals surface area contributed by atoms with E-state index in [4.69, 9.17) is 32.7 Å². The summed E-state index contributed by atoms with van der Waals surface area (Å²) in [5, 5.41) is 4.00. The molecule has 2 aliphatic heterocycles. The Labute approximate surface area is 251 Å². The molecule has 2 fully saturated rings. The number of benzene rings is 2. The van der Waals surface area contributed by atoms with E-state index in [1.165, 1.54) is 0 Å². The number of hydrogen-bond acceptors (Lipinski definition) is 5. The van der Waals surface area contributed by atoms with E-state index >= 15 is 0 Å². The molecule has 2 heterocycles. The van der Waals surface area contributed by atoms with Crippen LogP contribution in [0.2, 0.25) is 10.0 Å². The second-order valence-electron chi connectivity index (χ2n) is 11.3. The maximum absolute atomic E-state index is 13.2. The highest BCUT2D eigenvalue weighted by Crippen LogP contribution is 2.36. The largest absolute Gasteiger partial charge is 0.455 e. The van der Waals surface area contributed by atoms with Gasteiger partial charge in [0.1, 0.15) is 11.4 Å². The van der Waals surface area contributed by atoms with Crippen molar-refractivity contribution >= 4 is 47.0 Å². The second kappa shape index (κ2) is 12.7. The summed E-state index contributed by atoms with van der Waals surface area (Å²) in [5.74, 6) is 1.11. The lowest BCUT2D eigenvalue weighted by atomic mass is 10.1. The Morgan fingerprint density at radius 1 is 0.756 bits per heavy atom. The van der Waals surface area contributed by atoms with Gasteiger partial charge in [0.2, 0.25) is 0 Å². The van der Waals surface area contributed by atoms with Gasteiger partial charge in [-0.2, -0.15) is 0 Å². The highest BCUT2D eigenvalue weighted by molar-refractivity contribution is 6.31. The Balaban J connectivity index is 1.31. The number of carbonyl (C=O) groups excluding carboxylic acids is 3. The van der Waals surface area contributed by atoms with E-state index < -0.39 is 5.60 Å². The van der Waals surface area contributed by atoms with Gasteiger partial charge in [0, 0.05) is 62.4 Å². The molecule has 0 radical (unpaired) electrons. The predicted octanol–water partition coefficient (Wildman–Crippen LogP) is 6.22. The molecule has 41 heavy (non-hydrogen) atoms. The summed E-state index contributed by atoms with van der Waals surface area (Å²) in [5.41, 5.74) is 1.62. The molecule has 4 rings (SSSR count). The zero-order valence-corrected chi connectivity index (χ0v) is 25.6. The first-order valence-corrected chi connectivity index (χ1v) is 14.4. The van der Waals surface area contributed by atoms with Gasteiger partial charge in [-0.25, -0.2) is 14.4 Å². The zero-order valence-electron chi connectivity index (χ0n) is 24.1. The van der Waals surface area contributed by atoms with Crippen molar-refractivity contribution in [2.45, 2.75) is 40.2 Å². The molecule has 2 aromatic rings. The Hall–Kier alpha value is -3.37. The predicted molar refractivity (Wildman–Crippen MR) is 159 cm³/mol. The van der Waals surface area contributed by atoms with Crippen LogP contribution in [0.5, 0.6) is 11.5 Å². The Morgan fingerprint density at radius 2 is 1.27 bits per heavy atom.